The van der Waals surface area contributed by atoms with Crippen LogP contribution in [0.25, 0.3) is 6.08 Å². The fourth-order valence-electron chi connectivity index (χ4n) is 1.14. The lowest BCUT2D eigenvalue weighted by molar-refractivity contribution is 0.250. The molecular weight excluding hydrogens is 160 g/mol. The summed E-state index contributed by atoms with van der Waals surface area (Å²) in [5.41, 5.74) is 1.19. The summed E-state index contributed by atoms with van der Waals surface area (Å²) in [6.45, 7) is 2.32. The highest BCUT2D eigenvalue weighted by Crippen LogP contribution is 2.07. The SMILES string of the molecule is CC[C@@H](/C=C/c1ccccc1)CO. The number of hydrogen-bond donors (Lipinski definition) is 1. The van der Waals surface area contributed by atoms with Crippen molar-refractivity contribution in [2.24, 2.45) is 5.92 Å². The standard InChI is InChI=1S/C12H16O/c1-2-11(10-13)8-9-12-6-4-3-5-7-12/h3-9,11,13H,2,10H2,1H3/b9-8+/t11-/m0/s1. The second kappa shape index (κ2) is 5.55. The average Bonchev–Trinajstić information content (AvgIpc) is 2.21. The van der Waals surface area contributed by atoms with Crippen LogP contribution in [0.4, 0.5) is 0 Å². The van der Waals surface area contributed by atoms with Gasteiger partial charge in [0.2, 0.25) is 0 Å². The van der Waals surface area contributed by atoms with Crippen LogP contribution in [0.3, 0.4) is 0 Å². The van der Waals surface area contributed by atoms with Crippen molar-refractivity contribution in [2.75, 3.05) is 6.61 Å². The van der Waals surface area contributed by atoms with Gasteiger partial charge in [-0.1, -0.05) is 49.4 Å². The van der Waals surface area contributed by atoms with Crippen LogP contribution in [-0.2, 0) is 0 Å². The van der Waals surface area contributed by atoms with Crippen LogP contribution in [0, 0.1) is 5.92 Å². The smallest absolute Gasteiger partial charge is 0.0493 e. The molecule has 0 aliphatic heterocycles. The predicted octanol–water partition coefficient (Wildman–Crippen LogP) is 2.72. The first-order valence-corrected chi connectivity index (χ1v) is 4.71. The third-order valence-corrected chi connectivity index (χ3v) is 2.12. The molecule has 70 valence electrons. The molecule has 1 aromatic rings. The number of benzene rings is 1. The molecule has 0 aromatic heterocycles. The van der Waals surface area contributed by atoms with Crippen molar-refractivity contribution in [1.29, 1.82) is 0 Å². The molecular formula is C12H16O. The van der Waals surface area contributed by atoms with Crippen LogP contribution >= 0.6 is 0 Å². The van der Waals surface area contributed by atoms with Crippen molar-refractivity contribution < 1.29 is 5.11 Å². The van der Waals surface area contributed by atoms with Gasteiger partial charge in [0.05, 0.1) is 0 Å². The summed E-state index contributed by atoms with van der Waals surface area (Å²) in [7, 11) is 0. The zero-order valence-electron chi connectivity index (χ0n) is 7.98. The van der Waals surface area contributed by atoms with Gasteiger partial charge in [-0.15, -0.1) is 0 Å². The van der Waals surface area contributed by atoms with E-state index in [1.165, 1.54) is 5.56 Å². The van der Waals surface area contributed by atoms with Gasteiger partial charge >= 0.3 is 0 Å². The largest absolute Gasteiger partial charge is 0.396 e. The van der Waals surface area contributed by atoms with Gasteiger partial charge in [-0.05, 0) is 17.9 Å². The van der Waals surface area contributed by atoms with Gasteiger partial charge in [0.15, 0.2) is 0 Å². The van der Waals surface area contributed by atoms with Crippen LogP contribution in [-0.4, -0.2) is 11.7 Å². The molecule has 1 aromatic carbocycles. The van der Waals surface area contributed by atoms with Gasteiger partial charge in [0.1, 0.15) is 0 Å². The summed E-state index contributed by atoms with van der Waals surface area (Å²) >= 11 is 0. The second-order valence-electron chi connectivity index (χ2n) is 3.12. The fraction of sp³-hybridized carbons (Fsp3) is 0.333. The monoisotopic (exact) mass is 176 g/mol. The quantitative estimate of drug-likeness (QED) is 0.747. The zero-order chi connectivity index (χ0) is 9.52. The van der Waals surface area contributed by atoms with E-state index in [9.17, 15) is 0 Å². The van der Waals surface area contributed by atoms with Crippen LogP contribution < -0.4 is 0 Å². The Morgan fingerprint density at radius 2 is 2.00 bits per heavy atom. The highest BCUT2D eigenvalue weighted by atomic mass is 16.3. The summed E-state index contributed by atoms with van der Waals surface area (Å²) in [5, 5.41) is 8.95. The first-order valence-electron chi connectivity index (χ1n) is 4.71. The summed E-state index contributed by atoms with van der Waals surface area (Å²) in [6, 6.07) is 10.1. The zero-order valence-corrected chi connectivity index (χ0v) is 7.98. The van der Waals surface area contributed by atoms with E-state index in [1.807, 2.05) is 18.2 Å². The van der Waals surface area contributed by atoms with Crippen LogP contribution in [0.15, 0.2) is 36.4 Å². The molecule has 0 aliphatic rings. The summed E-state index contributed by atoms with van der Waals surface area (Å²) in [5.74, 6) is 0.292. The van der Waals surface area contributed by atoms with Gasteiger partial charge in [0.25, 0.3) is 0 Å². The minimum absolute atomic E-state index is 0.236. The number of aliphatic hydroxyl groups excluding tert-OH is 1. The molecule has 1 atom stereocenters. The maximum Gasteiger partial charge on any atom is 0.0493 e. The highest BCUT2D eigenvalue weighted by molar-refractivity contribution is 5.48. The first kappa shape index (κ1) is 10.0. The minimum atomic E-state index is 0.236. The van der Waals surface area contributed by atoms with Gasteiger partial charge in [-0.3, -0.25) is 0 Å². The number of rotatable bonds is 4. The lowest BCUT2D eigenvalue weighted by Crippen LogP contribution is -1.99. The van der Waals surface area contributed by atoms with E-state index in [1.54, 1.807) is 0 Å². The molecule has 0 spiro atoms. The minimum Gasteiger partial charge on any atom is -0.396 e. The van der Waals surface area contributed by atoms with Gasteiger partial charge in [-0.2, -0.15) is 0 Å². The van der Waals surface area contributed by atoms with E-state index < -0.39 is 0 Å². The maximum atomic E-state index is 8.95. The van der Waals surface area contributed by atoms with E-state index in [-0.39, 0.29) is 6.61 Å². The van der Waals surface area contributed by atoms with E-state index >= 15 is 0 Å². The summed E-state index contributed by atoms with van der Waals surface area (Å²) in [6.07, 6.45) is 5.11. The summed E-state index contributed by atoms with van der Waals surface area (Å²) < 4.78 is 0. The van der Waals surface area contributed by atoms with Crippen molar-refractivity contribution in [3.8, 4) is 0 Å². The van der Waals surface area contributed by atoms with Crippen LogP contribution in [0.1, 0.15) is 18.9 Å². The summed E-state index contributed by atoms with van der Waals surface area (Å²) in [4.78, 5) is 0. The molecule has 0 saturated carbocycles. The molecule has 0 fully saturated rings. The third-order valence-electron chi connectivity index (χ3n) is 2.12. The Morgan fingerprint density at radius 1 is 1.31 bits per heavy atom. The Bertz CT molecular complexity index is 247. The van der Waals surface area contributed by atoms with E-state index in [4.69, 9.17) is 5.11 Å². The molecule has 0 unspecified atom stereocenters. The van der Waals surface area contributed by atoms with E-state index in [0.717, 1.165) is 6.42 Å². The molecule has 0 saturated heterocycles. The van der Waals surface area contributed by atoms with Crippen molar-refractivity contribution in [3.63, 3.8) is 0 Å². The predicted molar refractivity (Wildman–Crippen MR) is 56.3 cm³/mol. The number of aliphatic hydroxyl groups is 1. The Morgan fingerprint density at radius 3 is 2.54 bits per heavy atom. The molecule has 0 amide bonds. The molecule has 1 N–H and O–H groups in total. The molecule has 13 heavy (non-hydrogen) atoms. The normalized spacial score (nSPS) is 13.4. The molecule has 0 heterocycles. The van der Waals surface area contributed by atoms with Gasteiger partial charge in [-0.25, -0.2) is 0 Å². The molecule has 1 nitrogen and oxygen atoms in total. The lowest BCUT2D eigenvalue weighted by atomic mass is 10.1. The Hall–Kier alpha value is -1.08. The topological polar surface area (TPSA) is 20.2 Å². The first-order chi connectivity index (χ1) is 6.36. The maximum absolute atomic E-state index is 8.95. The van der Waals surface area contributed by atoms with E-state index in [0.29, 0.717) is 5.92 Å². The molecule has 1 heteroatoms. The van der Waals surface area contributed by atoms with Crippen molar-refractivity contribution in [1.82, 2.24) is 0 Å². The fourth-order valence-corrected chi connectivity index (χ4v) is 1.14. The Balaban J connectivity index is 2.57. The van der Waals surface area contributed by atoms with Gasteiger partial charge in [0, 0.05) is 6.61 Å². The van der Waals surface area contributed by atoms with E-state index in [2.05, 4.69) is 31.2 Å². The molecule has 1 rings (SSSR count). The van der Waals surface area contributed by atoms with Crippen molar-refractivity contribution in [2.45, 2.75) is 13.3 Å². The van der Waals surface area contributed by atoms with Crippen LogP contribution in [0.5, 0.6) is 0 Å². The second-order valence-corrected chi connectivity index (χ2v) is 3.12. The Kier molecular flexibility index (Phi) is 4.27. The third kappa shape index (κ3) is 3.43. The van der Waals surface area contributed by atoms with Crippen molar-refractivity contribution in [3.05, 3.63) is 42.0 Å². The van der Waals surface area contributed by atoms with Crippen molar-refractivity contribution >= 4 is 6.08 Å². The molecule has 0 aliphatic carbocycles. The van der Waals surface area contributed by atoms with Crippen LogP contribution in [0.2, 0.25) is 0 Å². The average molecular weight is 176 g/mol. The number of hydrogen-bond acceptors (Lipinski definition) is 1. The molecule has 0 radical (unpaired) electrons. The molecule has 0 bridgehead atoms. The lowest BCUT2D eigenvalue weighted by Gasteiger charge is -2.03. The highest BCUT2D eigenvalue weighted by Gasteiger charge is 1.97. The Labute approximate surface area is 79.7 Å². The van der Waals surface area contributed by atoms with Gasteiger partial charge < -0.3 is 5.11 Å².